The molecule has 0 aromatic carbocycles. The standard InChI is InChI=1S/C9H20NO/c1-4-8(5-2)9(10,6-3)7-11/h11H,4-7,10H2,1-3H3. The summed E-state index contributed by atoms with van der Waals surface area (Å²) in [6.07, 6.45) is 2.77. The van der Waals surface area contributed by atoms with E-state index in [2.05, 4.69) is 13.8 Å². The Bertz CT molecular complexity index is 95.7. The highest BCUT2D eigenvalue weighted by molar-refractivity contribution is 5.09. The van der Waals surface area contributed by atoms with Crippen molar-refractivity contribution in [2.24, 2.45) is 5.73 Å². The minimum Gasteiger partial charge on any atom is -0.394 e. The van der Waals surface area contributed by atoms with Gasteiger partial charge in [0.1, 0.15) is 0 Å². The van der Waals surface area contributed by atoms with E-state index < -0.39 is 5.54 Å². The Morgan fingerprint density at radius 2 is 1.73 bits per heavy atom. The minimum absolute atomic E-state index is 0.0700. The average molecular weight is 158 g/mol. The predicted octanol–water partition coefficient (Wildman–Crippen LogP) is 1.48. The average Bonchev–Trinajstić information content (AvgIpc) is 2.06. The summed E-state index contributed by atoms with van der Waals surface area (Å²) >= 11 is 0. The van der Waals surface area contributed by atoms with Crippen LogP contribution in [0.15, 0.2) is 0 Å². The molecule has 0 rings (SSSR count). The Kier molecular flexibility index (Phi) is 4.69. The summed E-state index contributed by atoms with van der Waals surface area (Å²) in [5, 5.41) is 9.07. The second-order valence-electron chi connectivity index (χ2n) is 2.98. The highest BCUT2D eigenvalue weighted by atomic mass is 16.3. The van der Waals surface area contributed by atoms with Gasteiger partial charge in [-0.15, -0.1) is 0 Å². The zero-order valence-electron chi connectivity index (χ0n) is 7.85. The molecule has 2 nitrogen and oxygen atoms in total. The van der Waals surface area contributed by atoms with Crippen LogP contribution in [0.5, 0.6) is 0 Å². The molecule has 0 aliphatic rings. The fourth-order valence-corrected chi connectivity index (χ4v) is 1.43. The summed E-state index contributed by atoms with van der Waals surface area (Å²) in [7, 11) is 0. The first-order valence-electron chi connectivity index (χ1n) is 4.39. The van der Waals surface area contributed by atoms with Gasteiger partial charge >= 0.3 is 0 Å². The molecule has 1 unspecified atom stereocenters. The quantitative estimate of drug-likeness (QED) is 0.636. The maximum absolute atomic E-state index is 9.07. The van der Waals surface area contributed by atoms with Gasteiger partial charge in [0.25, 0.3) is 0 Å². The van der Waals surface area contributed by atoms with E-state index in [1.165, 1.54) is 5.92 Å². The molecule has 0 saturated carbocycles. The Morgan fingerprint density at radius 1 is 1.27 bits per heavy atom. The summed E-state index contributed by atoms with van der Waals surface area (Å²) in [6.45, 7) is 6.26. The van der Waals surface area contributed by atoms with Gasteiger partial charge in [-0.05, 0) is 25.2 Å². The third-order valence-electron chi connectivity index (χ3n) is 2.47. The summed E-state index contributed by atoms with van der Waals surface area (Å²) in [4.78, 5) is 0. The van der Waals surface area contributed by atoms with Crippen LogP contribution in [0.4, 0.5) is 0 Å². The lowest BCUT2D eigenvalue weighted by Gasteiger charge is -2.33. The predicted molar refractivity (Wildman–Crippen MR) is 48.1 cm³/mol. The lowest BCUT2D eigenvalue weighted by atomic mass is 9.80. The van der Waals surface area contributed by atoms with E-state index in [1.807, 2.05) is 6.92 Å². The summed E-state index contributed by atoms with van der Waals surface area (Å²) in [6, 6.07) is 0. The van der Waals surface area contributed by atoms with Crippen molar-refractivity contribution in [1.82, 2.24) is 0 Å². The molecular weight excluding hydrogens is 138 g/mol. The molecule has 11 heavy (non-hydrogen) atoms. The van der Waals surface area contributed by atoms with Crippen molar-refractivity contribution in [3.63, 3.8) is 0 Å². The number of rotatable bonds is 5. The monoisotopic (exact) mass is 158 g/mol. The number of nitrogens with two attached hydrogens (primary N) is 1. The molecule has 0 spiro atoms. The maximum atomic E-state index is 9.07. The van der Waals surface area contributed by atoms with Crippen LogP contribution < -0.4 is 5.73 Å². The van der Waals surface area contributed by atoms with Gasteiger partial charge in [0.05, 0.1) is 6.61 Å². The molecule has 0 heterocycles. The molecule has 0 saturated heterocycles. The topological polar surface area (TPSA) is 46.2 Å². The van der Waals surface area contributed by atoms with Crippen LogP contribution in [0.2, 0.25) is 0 Å². The van der Waals surface area contributed by atoms with Gasteiger partial charge in [-0.2, -0.15) is 0 Å². The number of hydrogen-bond acceptors (Lipinski definition) is 2. The second-order valence-corrected chi connectivity index (χ2v) is 2.98. The van der Waals surface area contributed by atoms with E-state index >= 15 is 0 Å². The van der Waals surface area contributed by atoms with E-state index in [-0.39, 0.29) is 6.61 Å². The normalized spacial score (nSPS) is 16.9. The van der Waals surface area contributed by atoms with Gasteiger partial charge in [0.15, 0.2) is 0 Å². The summed E-state index contributed by atoms with van der Waals surface area (Å²) < 4.78 is 0. The van der Waals surface area contributed by atoms with Gasteiger partial charge in [-0.1, -0.05) is 20.8 Å². The smallest absolute Gasteiger partial charge is 0.0616 e. The van der Waals surface area contributed by atoms with Crippen molar-refractivity contribution in [2.45, 2.75) is 45.6 Å². The molecule has 0 aromatic heterocycles. The van der Waals surface area contributed by atoms with Gasteiger partial charge in [0.2, 0.25) is 0 Å². The zero-order chi connectivity index (χ0) is 8.91. The molecule has 0 bridgehead atoms. The summed E-state index contributed by atoms with van der Waals surface area (Å²) in [5.41, 5.74) is 5.55. The number of aliphatic hydroxyl groups excluding tert-OH is 1. The highest BCUT2D eigenvalue weighted by Crippen LogP contribution is 2.26. The zero-order valence-corrected chi connectivity index (χ0v) is 7.85. The van der Waals surface area contributed by atoms with Gasteiger partial charge in [0, 0.05) is 5.54 Å². The van der Waals surface area contributed by atoms with E-state index in [9.17, 15) is 0 Å². The van der Waals surface area contributed by atoms with Crippen molar-refractivity contribution in [1.29, 1.82) is 0 Å². The number of aliphatic hydroxyl groups is 1. The highest BCUT2D eigenvalue weighted by Gasteiger charge is 2.30. The van der Waals surface area contributed by atoms with Crippen LogP contribution in [0.1, 0.15) is 40.0 Å². The van der Waals surface area contributed by atoms with Crippen molar-refractivity contribution in [3.8, 4) is 0 Å². The fourth-order valence-electron chi connectivity index (χ4n) is 1.43. The molecule has 0 aliphatic heterocycles. The molecular formula is C9H20NO. The van der Waals surface area contributed by atoms with Crippen LogP contribution in [-0.4, -0.2) is 17.3 Å². The number of hydrogen-bond donors (Lipinski definition) is 2. The van der Waals surface area contributed by atoms with E-state index in [0.717, 1.165) is 19.3 Å². The van der Waals surface area contributed by atoms with E-state index in [1.54, 1.807) is 0 Å². The molecule has 1 radical (unpaired) electrons. The molecule has 67 valence electrons. The first kappa shape index (κ1) is 10.9. The van der Waals surface area contributed by atoms with Gasteiger partial charge in [-0.25, -0.2) is 0 Å². The molecule has 0 fully saturated rings. The van der Waals surface area contributed by atoms with Crippen molar-refractivity contribution in [3.05, 3.63) is 5.92 Å². The van der Waals surface area contributed by atoms with Crippen molar-refractivity contribution >= 4 is 0 Å². The van der Waals surface area contributed by atoms with Crippen LogP contribution in [0.3, 0.4) is 0 Å². The van der Waals surface area contributed by atoms with E-state index in [4.69, 9.17) is 10.8 Å². The van der Waals surface area contributed by atoms with Crippen molar-refractivity contribution in [2.75, 3.05) is 6.61 Å². The fraction of sp³-hybridized carbons (Fsp3) is 0.889. The van der Waals surface area contributed by atoms with Crippen molar-refractivity contribution < 1.29 is 5.11 Å². The van der Waals surface area contributed by atoms with Crippen LogP contribution >= 0.6 is 0 Å². The molecule has 0 aromatic rings. The first-order valence-corrected chi connectivity index (χ1v) is 4.39. The molecule has 1 atom stereocenters. The SMILES string of the molecule is CC[C](CC)C(N)(CC)CO. The molecule has 0 amide bonds. The van der Waals surface area contributed by atoms with Crippen LogP contribution in [0, 0.1) is 5.92 Å². The first-order chi connectivity index (χ1) is 5.14. The lowest BCUT2D eigenvalue weighted by molar-refractivity contribution is 0.192. The molecule has 0 aliphatic carbocycles. The Morgan fingerprint density at radius 3 is 1.82 bits per heavy atom. The van der Waals surface area contributed by atoms with Gasteiger partial charge < -0.3 is 10.8 Å². The van der Waals surface area contributed by atoms with E-state index in [0.29, 0.717) is 0 Å². The largest absolute Gasteiger partial charge is 0.394 e. The minimum atomic E-state index is -0.427. The third-order valence-corrected chi connectivity index (χ3v) is 2.47. The Hall–Kier alpha value is -0.0800. The second kappa shape index (κ2) is 4.73. The summed E-state index contributed by atoms with van der Waals surface area (Å²) in [5.74, 6) is 1.27. The lowest BCUT2D eigenvalue weighted by Crippen LogP contribution is -2.48. The molecule has 3 N–H and O–H groups in total. The Balaban J connectivity index is 4.19. The molecule has 2 heteroatoms. The van der Waals surface area contributed by atoms with Crippen LogP contribution in [0.25, 0.3) is 0 Å². The Labute approximate surface area is 69.8 Å². The third kappa shape index (κ3) is 2.46. The van der Waals surface area contributed by atoms with Gasteiger partial charge in [-0.3, -0.25) is 0 Å². The maximum Gasteiger partial charge on any atom is 0.0616 e. The van der Waals surface area contributed by atoms with Crippen LogP contribution in [-0.2, 0) is 0 Å².